The van der Waals surface area contributed by atoms with Gasteiger partial charge in [-0.1, -0.05) is 6.92 Å². The van der Waals surface area contributed by atoms with Crippen molar-refractivity contribution in [3.63, 3.8) is 0 Å². The summed E-state index contributed by atoms with van der Waals surface area (Å²) in [6.45, 7) is 6.77. The van der Waals surface area contributed by atoms with Crippen LogP contribution in [0.25, 0.3) is 0 Å². The van der Waals surface area contributed by atoms with Crippen molar-refractivity contribution in [2.45, 2.75) is 38.8 Å². The van der Waals surface area contributed by atoms with Crippen molar-refractivity contribution in [2.75, 3.05) is 19.6 Å². The number of halogens is 1. The highest BCUT2D eigenvalue weighted by atomic mass is 79.9. The van der Waals surface area contributed by atoms with E-state index in [1.165, 1.54) is 38.9 Å². The van der Waals surface area contributed by atoms with Crippen LogP contribution >= 0.6 is 15.9 Å². The van der Waals surface area contributed by atoms with Gasteiger partial charge in [-0.05, 0) is 60.9 Å². The fourth-order valence-electron chi connectivity index (χ4n) is 2.37. The van der Waals surface area contributed by atoms with E-state index in [-0.39, 0.29) is 0 Å². The monoisotopic (exact) mass is 300 g/mol. The minimum Gasteiger partial charge on any atom is -0.467 e. The molecule has 0 atom stereocenters. The lowest BCUT2D eigenvalue weighted by Crippen LogP contribution is -2.42. The third kappa shape index (κ3) is 3.83. The Hall–Kier alpha value is -0.320. The van der Waals surface area contributed by atoms with Gasteiger partial charge in [0.1, 0.15) is 5.76 Å². The maximum atomic E-state index is 5.40. The van der Waals surface area contributed by atoms with Crippen LogP contribution in [0.3, 0.4) is 0 Å². The van der Waals surface area contributed by atoms with Crippen LogP contribution in [0.5, 0.6) is 0 Å². The average molecular weight is 301 g/mol. The van der Waals surface area contributed by atoms with E-state index in [4.69, 9.17) is 4.42 Å². The van der Waals surface area contributed by atoms with Gasteiger partial charge in [-0.3, -0.25) is 0 Å². The van der Waals surface area contributed by atoms with E-state index in [9.17, 15) is 0 Å². The molecule has 0 spiro atoms. The fraction of sp³-hybridized carbons (Fsp3) is 0.692. The maximum Gasteiger partial charge on any atom is 0.131 e. The summed E-state index contributed by atoms with van der Waals surface area (Å²) in [7, 11) is 0. The van der Waals surface area contributed by atoms with Crippen LogP contribution in [0.1, 0.15) is 31.9 Å². The number of piperidine rings is 1. The lowest BCUT2D eigenvalue weighted by Gasteiger charge is -2.32. The average Bonchev–Trinajstić information content (AvgIpc) is 2.75. The molecule has 2 rings (SSSR count). The number of rotatable bonds is 5. The Kier molecular flexibility index (Phi) is 5.07. The van der Waals surface area contributed by atoms with Gasteiger partial charge in [0.25, 0.3) is 0 Å². The predicted molar refractivity (Wildman–Crippen MR) is 73.0 cm³/mol. The Bertz CT molecular complexity index is 332. The normalized spacial score (nSPS) is 18.7. The van der Waals surface area contributed by atoms with E-state index in [1.54, 1.807) is 6.26 Å². The summed E-state index contributed by atoms with van der Waals surface area (Å²) in [5.41, 5.74) is 0. The van der Waals surface area contributed by atoms with Gasteiger partial charge in [0.15, 0.2) is 0 Å². The summed E-state index contributed by atoms with van der Waals surface area (Å²) in [6, 6.07) is 2.58. The highest BCUT2D eigenvalue weighted by Crippen LogP contribution is 2.18. The van der Waals surface area contributed by atoms with Crippen LogP contribution in [-0.4, -0.2) is 30.6 Å². The highest BCUT2D eigenvalue weighted by molar-refractivity contribution is 9.10. The SMILES string of the molecule is CCCN1CCC(NCc2occc2Br)CC1. The molecule has 0 aromatic carbocycles. The molecule has 1 aliphatic heterocycles. The second kappa shape index (κ2) is 6.57. The molecule has 4 heteroatoms. The lowest BCUT2D eigenvalue weighted by molar-refractivity contribution is 0.196. The summed E-state index contributed by atoms with van der Waals surface area (Å²) in [5, 5.41) is 3.58. The second-order valence-electron chi connectivity index (χ2n) is 4.69. The Labute approximate surface area is 112 Å². The van der Waals surface area contributed by atoms with Crippen LogP contribution in [-0.2, 0) is 6.54 Å². The molecule has 1 N–H and O–H groups in total. The molecule has 1 fully saturated rings. The van der Waals surface area contributed by atoms with Crippen molar-refractivity contribution in [1.29, 1.82) is 0 Å². The number of hydrogen-bond donors (Lipinski definition) is 1. The number of nitrogens with zero attached hydrogens (tertiary/aromatic N) is 1. The minimum absolute atomic E-state index is 0.639. The standard InChI is InChI=1S/C13H21BrN2O/c1-2-6-16-7-3-11(4-8-16)15-10-13-12(14)5-9-17-13/h5,9,11,15H,2-4,6-8,10H2,1H3. The molecule has 1 aromatic rings. The molecule has 17 heavy (non-hydrogen) atoms. The summed E-state index contributed by atoms with van der Waals surface area (Å²) in [4.78, 5) is 2.56. The van der Waals surface area contributed by atoms with Gasteiger partial charge in [-0.15, -0.1) is 0 Å². The number of furan rings is 1. The molecule has 0 aliphatic carbocycles. The lowest BCUT2D eigenvalue weighted by atomic mass is 10.0. The summed E-state index contributed by atoms with van der Waals surface area (Å²) < 4.78 is 6.46. The smallest absolute Gasteiger partial charge is 0.131 e. The Morgan fingerprint density at radius 1 is 1.47 bits per heavy atom. The van der Waals surface area contributed by atoms with E-state index in [0.29, 0.717) is 6.04 Å². The van der Waals surface area contributed by atoms with Crippen molar-refractivity contribution in [2.24, 2.45) is 0 Å². The summed E-state index contributed by atoms with van der Waals surface area (Å²) in [6.07, 6.45) is 5.49. The largest absolute Gasteiger partial charge is 0.467 e. The number of likely N-dealkylation sites (tertiary alicyclic amines) is 1. The Balaban J connectivity index is 1.70. The number of hydrogen-bond acceptors (Lipinski definition) is 3. The molecular formula is C13H21BrN2O. The zero-order valence-electron chi connectivity index (χ0n) is 10.4. The van der Waals surface area contributed by atoms with E-state index < -0.39 is 0 Å². The number of nitrogens with one attached hydrogen (secondary N) is 1. The maximum absolute atomic E-state index is 5.40. The summed E-state index contributed by atoms with van der Waals surface area (Å²) >= 11 is 3.48. The molecule has 1 aromatic heterocycles. The van der Waals surface area contributed by atoms with Crippen molar-refractivity contribution in [3.8, 4) is 0 Å². The molecule has 0 amide bonds. The van der Waals surface area contributed by atoms with Crippen LogP contribution in [0.4, 0.5) is 0 Å². The molecule has 1 aliphatic rings. The molecule has 1 saturated heterocycles. The van der Waals surface area contributed by atoms with Crippen molar-refractivity contribution in [1.82, 2.24) is 10.2 Å². The predicted octanol–water partition coefficient (Wildman–Crippen LogP) is 3.01. The second-order valence-corrected chi connectivity index (χ2v) is 5.54. The quantitative estimate of drug-likeness (QED) is 0.906. The van der Waals surface area contributed by atoms with Gasteiger partial charge in [-0.25, -0.2) is 0 Å². The first-order valence-electron chi connectivity index (χ1n) is 6.47. The van der Waals surface area contributed by atoms with Crippen molar-refractivity contribution >= 4 is 15.9 Å². The molecule has 96 valence electrons. The first-order valence-corrected chi connectivity index (χ1v) is 7.26. The van der Waals surface area contributed by atoms with Gasteiger partial charge in [0.2, 0.25) is 0 Å². The van der Waals surface area contributed by atoms with Gasteiger partial charge in [0.05, 0.1) is 17.3 Å². The fourth-order valence-corrected chi connectivity index (χ4v) is 2.71. The third-order valence-electron chi connectivity index (χ3n) is 3.37. The van der Waals surface area contributed by atoms with Crippen molar-refractivity contribution in [3.05, 3.63) is 22.6 Å². The summed E-state index contributed by atoms with van der Waals surface area (Å²) in [5.74, 6) is 1.00. The van der Waals surface area contributed by atoms with Crippen molar-refractivity contribution < 1.29 is 4.42 Å². The molecular weight excluding hydrogens is 280 g/mol. The molecule has 3 nitrogen and oxygen atoms in total. The molecule has 0 bridgehead atoms. The van der Waals surface area contributed by atoms with Gasteiger partial charge in [-0.2, -0.15) is 0 Å². The Morgan fingerprint density at radius 2 is 2.24 bits per heavy atom. The highest BCUT2D eigenvalue weighted by Gasteiger charge is 2.18. The minimum atomic E-state index is 0.639. The molecule has 0 radical (unpaired) electrons. The van der Waals surface area contributed by atoms with Crippen LogP contribution in [0.2, 0.25) is 0 Å². The van der Waals surface area contributed by atoms with E-state index >= 15 is 0 Å². The molecule has 0 unspecified atom stereocenters. The third-order valence-corrected chi connectivity index (χ3v) is 4.08. The van der Waals surface area contributed by atoms with E-state index in [0.717, 1.165) is 16.8 Å². The van der Waals surface area contributed by atoms with E-state index in [2.05, 4.69) is 33.1 Å². The van der Waals surface area contributed by atoms with Gasteiger partial charge < -0.3 is 14.6 Å². The van der Waals surface area contributed by atoms with E-state index in [1.807, 2.05) is 6.07 Å². The molecule has 0 saturated carbocycles. The van der Waals surface area contributed by atoms with Crippen LogP contribution < -0.4 is 5.32 Å². The molecule has 2 heterocycles. The van der Waals surface area contributed by atoms with Crippen LogP contribution in [0, 0.1) is 0 Å². The first-order chi connectivity index (χ1) is 8.29. The topological polar surface area (TPSA) is 28.4 Å². The van der Waals surface area contributed by atoms with Gasteiger partial charge in [0, 0.05) is 6.04 Å². The zero-order valence-corrected chi connectivity index (χ0v) is 12.0. The zero-order chi connectivity index (χ0) is 12.1. The van der Waals surface area contributed by atoms with Gasteiger partial charge >= 0.3 is 0 Å². The first kappa shape index (κ1) is 13.1. The van der Waals surface area contributed by atoms with Crippen LogP contribution in [0.15, 0.2) is 21.2 Å². The Morgan fingerprint density at radius 3 is 2.82 bits per heavy atom.